The third-order valence-electron chi connectivity index (χ3n) is 2.62. The zero-order valence-electron chi connectivity index (χ0n) is 10.0. The van der Waals surface area contributed by atoms with E-state index in [0.29, 0.717) is 0 Å². The molecule has 1 fully saturated rings. The van der Waals surface area contributed by atoms with Crippen LogP contribution < -0.4 is 9.44 Å². The zero-order chi connectivity index (χ0) is 14.0. The lowest BCUT2D eigenvalue weighted by Crippen LogP contribution is -2.39. The lowest BCUT2D eigenvalue weighted by atomic mass is 10.1. The molecule has 1 atom stereocenters. The molecule has 0 radical (unpaired) electrons. The number of amides is 2. The van der Waals surface area contributed by atoms with E-state index in [2.05, 4.69) is 4.72 Å². The first kappa shape index (κ1) is 13.9. The highest BCUT2D eigenvalue weighted by Crippen LogP contribution is 2.16. The van der Waals surface area contributed by atoms with Gasteiger partial charge in [0, 0.05) is 5.75 Å². The second kappa shape index (κ2) is 5.22. The molecule has 102 valence electrons. The van der Waals surface area contributed by atoms with Gasteiger partial charge >= 0.3 is 0 Å². The summed E-state index contributed by atoms with van der Waals surface area (Å²) in [6.07, 6.45) is 0. The van der Waals surface area contributed by atoms with E-state index in [-0.39, 0.29) is 10.6 Å². The Morgan fingerprint density at radius 2 is 2.00 bits per heavy atom. The molecule has 1 aliphatic rings. The summed E-state index contributed by atoms with van der Waals surface area (Å²) >= 11 is 1.09. The van der Waals surface area contributed by atoms with Crippen molar-refractivity contribution in [3.8, 4) is 0 Å². The zero-order valence-corrected chi connectivity index (χ0v) is 11.7. The van der Waals surface area contributed by atoms with E-state index in [4.69, 9.17) is 0 Å². The first-order valence-electron chi connectivity index (χ1n) is 5.45. The van der Waals surface area contributed by atoms with Crippen molar-refractivity contribution in [2.75, 3.05) is 5.75 Å². The molecule has 1 saturated heterocycles. The van der Waals surface area contributed by atoms with Crippen LogP contribution in [0, 0.1) is 12.8 Å². The van der Waals surface area contributed by atoms with Gasteiger partial charge in [-0.1, -0.05) is 17.7 Å². The smallest absolute Gasteiger partial charge is 0.264 e. The molecule has 1 aromatic carbocycles. The van der Waals surface area contributed by atoms with Crippen LogP contribution in [0.2, 0.25) is 0 Å². The van der Waals surface area contributed by atoms with E-state index in [9.17, 15) is 18.0 Å². The molecule has 8 heteroatoms. The van der Waals surface area contributed by atoms with Crippen LogP contribution in [0.5, 0.6) is 0 Å². The van der Waals surface area contributed by atoms with Crippen molar-refractivity contribution in [2.45, 2.75) is 11.8 Å². The van der Waals surface area contributed by atoms with Crippen LogP contribution in [0.25, 0.3) is 0 Å². The molecule has 1 aliphatic heterocycles. The highest BCUT2D eigenvalue weighted by molar-refractivity contribution is 7.98. The Morgan fingerprint density at radius 1 is 1.37 bits per heavy atom. The fourth-order valence-corrected chi connectivity index (χ4v) is 3.37. The summed E-state index contributed by atoms with van der Waals surface area (Å²) in [5.74, 6) is -2.01. The van der Waals surface area contributed by atoms with Crippen LogP contribution in [-0.2, 0) is 19.6 Å². The van der Waals surface area contributed by atoms with Gasteiger partial charge < -0.3 is 0 Å². The summed E-state index contributed by atoms with van der Waals surface area (Å²) < 4.78 is 28.2. The van der Waals surface area contributed by atoms with E-state index in [1.165, 1.54) is 12.1 Å². The second-order valence-corrected chi connectivity index (χ2v) is 6.62. The van der Waals surface area contributed by atoms with Crippen LogP contribution >= 0.6 is 11.9 Å². The number of nitrogens with one attached hydrogen (secondary N) is 2. The molecule has 2 N–H and O–H groups in total. The number of rotatable bonds is 3. The molecule has 0 spiro atoms. The average Bonchev–Trinajstić information content (AvgIpc) is 2.75. The molecule has 1 heterocycles. The summed E-state index contributed by atoms with van der Waals surface area (Å²) in [6.45, 7) is 1.83. The number of carbonyl (C=O) groups is 2. The van der Waals surface area contributed by atoms with Crippen molar-refractivity contribution < 1.29 is 18.0 Å². The number of benzene rings is 1. The monoisotopic (exact) mass is 300 g/mol. The van der Waals surface area contributed by atoms with Gasteiger partial charge in [0.1, 0.15) is 5.92 Å². The third-order valence-corrected chi connectivity index (χ3v) is 4.83. The minimum atomic E-state index is -3.93. The minimum absolute atomic E-state index is 0.00231. The highest BCUT2D eigenvalue weighted by atomic mass is 32.2. The van der Waals surface area contributed by atoms with Gasteiger partial charge in [-0.25, -0.2) is 13.1 Å². The molecule has 2 amide bonds. The fourth-order valence-electron chi connectivity index (χ4n) is 1.52. The summed E-state index contributed by atoms with van der Waals surface area (Å²) in [6, 6.07) is 6.09. The molecule has 0 aliphatic carbocycles. The Kier molecular flexibility index (Phi) is 3.81. The van der Waals surface area contributed by atoms with Crippen molar-refractivity contribution >= 4 is 33.8 Å². The van der Waals surface area contributed by atoms with E-state index < -0.39 is 27.8 Å². The lowest BCUT2D eigenvalue weighted by molar-refractivity contribution is -0.131. The van der Waals surface area contributed by atoms with E-state index in [1.807, 2.05) is 11.6 Å². The topological polar surface area (TPSA) is 92.3 Å². The predicted molar refractivity (Wildman–Crippen MR) is 70.6 cm³/mol. The van der Waals surface area contributed by atoms with Crippen LogP contribution in [0.15, 0.2) is 29.2 Å². The third kappa shape index (κ3) is 3.07. The van der Waals surface area contributed by atoms with Crippen molar-refractivity contribution in [1.29, 1.82) is 0 Å². The van der Waals surface area contributed by atoms with Crippen molar-refractivity contribution in [3.05, 3.63) is 29.8 Å². The van der Waals surface area contributed by atoms with Gasteiger partial charge in [0.05, 0.1) is 4.90 Å². The number of sulfonamides is 1. The highest BCUT2D eigenvalue weighted by Gasteiger charge is 2.34. The Balaban J connectivity index is 2.15. The van der Waals surface area contributed by atoms with Gasteiger partial charge in [-0.15, -0.1) is 0 Å². The van der Waals surface area contributed by atoms with E-state index in [0.717, 1.165) is 17.5 Å². The minimum Gasteiger partial charge on any atom is -0.299 e. The van der Waals surface area contributed by atoms with Crippen molar-refractivity contribution in [2.24, 2.45) is 5.92 Å². The van der Waals surface area contributed by atoms with E-state index >= 15 is 0 Å². The van der Waals surface area contributed by atoms with E-state index in [1.54, 1.807) is 12.1 Å². The Morgan fingerprint density at radius 3 is 2.53 bits per heavy atom. The molecule has 1 aromatic rings. The van der Waals surface area contributed by atoms with Gasteiger partial charge in [0.25, 0.3) is 10.0 Å². The lowest BCUT2D eigenvalue weighted by Gasteiger charge is -2.09. The number of carbonyl (C=O) groups excluding carboxylic acids is 2. The predicted octanol–water partition coefficient (Wildman–Crippen LogP) is 0.194. The summed E-state index contributed by atoms with van der Waals surface area (Å²) in [7, 11) is -3.93. The maximum Gasteiger partial charge on any atom is 0.264 e. The Hall–Kier alpha value is -1.54. The van der Waals surface area contributed by atoms with Gasteiger partial charge in [0.2, 0.25) is 11.8 Å². The van der Waals surface area contributed by atoms with Gasteiger partial charge in [-0.3, -0.25) is 14.3 Å². The summed E-state index contributed by atoms with van der Waals surface area (Å²) in [5.41, 5.74) is 0.914. The largest absolute Gasteiger partial charge is 0.299 e. The molecular weight excluding hydrogens is 288 g/mol. The maximum atomic E-state index is 11.9. The maximum absolute atomic E-state index is 11.9. The van der Waals surface area contributed by atoms with Crippen LogP contribution in [0.3, 0.4) is 0 Å². The first-order chi connectivity index (χ1) is 8.90. The average molecular weight is 300 g/mol. The number of hydrogen-bond donors (Lipinski definition) is 2. The second-order valence-electron chi connectivity index (χ2n) is 4.11. The Bertz CT molecular complexity index is 610. The SMILES string of the molecule is Cc1ccc(S(=O)(=O)NC(=O)C2CSNC2=O)cc1. The summed E-state index contributed by atoms with van der Waals surface area (Å²) in [4.78, 5) is 23.0. The van der Waals surface area contributed by atoms with Gasteiger partial charge in [-0.2, -0.15) is 0 Å². The molecule has 0 aromatic heterocycles. The standard InChI is InChI=1S/C11H12N2O4S2/c1-7-2-4-8(5-3-7)19(16,17)13-11(15)9-6-18-12-10(9)14/h2-5,9H,6H2,1H3,(H,12,14)(H,13,15). The fraction of sp³-hybridized carbons (Fsp3) is 0.273. The normalized spacial score (nSPS) is 19.0. The molecular formula is C11H12N2O4S2. The quantitative estimate of drug-likeness (QED) is 0.614. The van der Waals surface area contributed by atoms with Gasteiger partial charge in [-0.05, 0) is 31.0 Å². The molecule has 19 heavy (non-hydrogen) atoms. The Labute approximate surface area is 115 Å². The van der Waals surface area contributed by atoms with Gasteiger partial charge in [0.15, 0.2) is 0 Å². The van der Waals surface area contributed by atoms with Crippen LogP contribution in [0.4, 0.5) is 0 Å². The van der Waals surface area contributed by atoms with Crippen molar-refractivity contribution in [1.82, 2.24) is 9.44 Å². The van der Waals surface area contributed by atoms with Crippen LogP contribution in [0.1, 0.15) is 5.56 Å². The first-order valence-corrected chi connectivity index (χ1v) is 7.92. The molecule has 1 unspecified atom stereocenters. The number of aryl methyl sites for hydroxylation is 1. The molecule has 0 saturated carbocycles. The molecule has 0 bridgehead atoms. The van der Waals surface area contributed by atoms with Crippen LogP contribution in [-0.4, -0.2) is 26.0 Å². The molecule has 6 nitrogen and oxygen atoms in total. The number of hydrogen-bond acceptors (Lipinski definition) is 5. The van der Waals surface area contributed by atoms with Crippen molar-refractivity contribution in [3.63, 3.8) is 0 Å². The summed E-state index contributed by atoms with van der Waals surface area (Å²) in [5, 5.41) is 0. The molecule has 2 rings (SSSR count).